The van der Waals surface area contributed by atoms with E-state index >= 15 is 0 Å². The molecule has 1 aliphatic carbocycles. The number of aliphatic carboxylic acids is 1. The van der Waals surface area contributed by atoms with Gasteiger partial charge in [-0.05, 0) is 25.0 Å². The molecule has 1 fully saturated rings. The summed E-state index contributed by atoms with van der Waals surface area (Å²) in [6.45, 7) is 0. The van der Waals surface area contributed by atoms with Gasteiger partial charge in [0.15, 0.2) is 0 Å². The molecule has 108 valence electrons. The number of nitrogens with zero attached hydrogens (tertiary/aromatic N) is 2. The first-order valence-corrected chi connectivity index (χ1v) is 6.70. The molecule has 0 bridgehead atoms. The Bertz CT molecular complexity index is 484. The smallest absolute Gasteiger partial charge is 0.322 e. The van der Waals surface area contributed by atoms with Crippen LogP contribution in [-0.4, -0.2) is 34.7 Å². The van der Waals surface area contributed by atoms with Crippen LogP contribution in [0.3, 0.4) is 0 Å². The second kappa shape index (κ2) is 5.90. The zero-order valence-corrected chi connectivity index (χ0v) is 11.5. The van der Waals surface area contributed by atoms with Gasteiger partial charge in [-0.3, -0.25) is 14.7 Å². The molecule has 1 heterocycles. The lowest BCUT2D eigenvalue weighted by molar-refractivity contribution is -0.138. The molecule has 0 saturated heterocycles. The molecule has 2 N–H and O–H groups in total. The minimum absolute atomic E-state index is 0.0282. The molecule has 20 heavy (non-hydrogen) atoms. The van der Waals surface area contributed by atoms with Crippen molar-refractivity contribution in [1.82, 2.24) is 10.3 Å². The number of aromatic nitrogens is 1. The molecule has 1 aromatic rings. The molecule has 0 atom stereocenters. The van der Waals surface area contributed by atoms with Gasteiger partial charge < -0.3 is 10.4 Å². The van der Waals surface area contributed by atoms with E-state index in [1.807, 2.05) is 0 Å². The quantitative estimate of drug-likeness (QED) is 0.882. The van der Waals surface area contributed by atoms with Gasteiger partial charge in [-0.15, -0.1) is 0 Å². The van der Waals surface area contributed by atoms with Gasteiger partial charge in [-0.1, -0.05) is 12.8 Å². The van der Waals surface area contributed by atoms with Gasteiger partial charge >= 0.3 is 12.0 Å². The summed E-state index contributed by atoms with van der Waals surface area (Å²) in [6, 6.07) is 3.24. The number of carbonyl (C=O) groups is 2. The van der Waals surface area contributed by atoms with E-state index in [2.05, 4.69) is 10.3 Å². The second-order valence-electron chi connectivity index (χ2n) is 5.26. The third-order valence-electron chi connectivity index (χ3n) is 3.76. The number of pyridine rings is 1. The van der Waals surface area contributed by atoms with Gasteiger partial charge in [0, 0.05) is 13.2 Å². The molecule has 0 aliphatic heterocycles. The third kappa shape index (κ3) is 3.26. The first kappa shape index (κ1) is 14.3. The van der Waals surface area contributed by atoms with E-state index in [1.54, 1.807) is 31.6 Å². The molecule has 1 saturated carbocycles. The summed E-state index contributed by atoms with van der Waals surface area (Å²) in [6.07, 6.45) is 6.53. The maximum Gasteiger partial charge on any atom is 0.322 e. The lowest BCUT2D eigenvalue weighted by Crippen LogP contribution is -2.52. The Balaban J connectivity index is 2.07. The molecular weight excluding hydrogens is 258 g/mol. The standard InChI is InChI=1S/C14H19N3O3/c1-17(11-5-4-8-15-10-11)13(20)16-14(9-12(18)19)6-2-3-7-14/h4-5,8,10H,2-3,6-7,9H2,1H3,(H,16,20)(H,18,19). The number of nitrogens with one attached hydrogen (secondary N) is 1. The van der Waals surface area contributed by atoms with Crippen molar-refractivity contribution in [3.8, 4) is 0 Å². The summed E-state index contributed by atoms with van der Waals surface area (Å²) in [4.78, 5) is 28.7. The van der Waals surface area contributed by atoms with Crippen molar-refractivity contribution in [2.75, 3.05) is 11.9 Å². The summed E-state index contributed by atoms with van der Waals surface area (Å²) in [5.74, 6) is -0.878. The van der Waals surface area contributed by atoms with Crippen LogP contribution in [0.5, 0.6) is 0 Å². The molecule has 6 nitrogen and oxygen atoms in total. The van der Waals surface area contributed by atoms with Crippen LogP contribution in [0.15, 0.2) is 24.5 Å². The predicted octanol–water partition coefficient (Wildman–Crippen LogP) is 2.01. The number of carboxylic acids is 1. The van der Waals surface area contributed by atoms with Crippen molar-refractivity contribution in [2.45, 2.75) is 37.6 Å². The summed E-state index contributed by atoms with van der Waals surface area (Å²) in [5.41, 5.74) is 0.0628. The van der Waals surface area contributed by atoms with Crippen molar-refractivity contribution in [1.29, 1.82) is 0 Å². The average molecular weight is 277 g/mol. The lowest BCUT2D eigenvalue weighted by atomic mass is 9.93. The summed E-state index contributed by atoms with van der Waals surface area (Å²) < 4.78 is 0. The maximum absolute atomic E-state index is 12.3. The number of anilines is 1. The number of urea groups is 1. The number of hydrogen-bond donors (Lipinski definition) is 2. The molecule has 0 aromatic carbocycles. The van der Waals surface area contributed by atoms with Crippen LogP contribution >= 0.6 is 0 Å². The van der Waals surface area contributed by atoms with Crippen LogP contribution in [0, 0.1) is 0 Å². The number of hydrogen-bond acceptors (Lipinski definition) is 3. The van der Waals surface area contributed by atoms with Crippen LogP contribution in [0.4, 0.5) is 10.5 Å². The Morgan fingerprint density at radius 3 is 2.70 bits per heavy atom. The highest BCUT2D eigenvalue weighted by Crippen LogP contribution is 2.33. The highest BCUT2D eigenvalue weighted by atomic mass is 16.4. The van der Waals surface area contributed by atoms with E-state index in [-0.39, 0.29) is 12.5 Å². The molecule has 1 aliphatic rings. The fraction of sp³-hybridized carbons (Fsp3) is 0.500. The Kier molecular flexibility index (Phi) is 4.22. The summed E-state index contributed by atoms with van der Waals surface area (Å²) in [5, 5.41) is 11.9. The normalized spacial score (nSPS) is 16.6. The zero-order valence-electron chi connectivity index (χ0n) is 11.5. The zero-order chi connectivity index (χ0) is 14.6. The van der Waals surface area contributed by atoms with Gasteiger partial charge in [-0.25, -0.2) is 4.79 Å². The van der Waals surface area contributed by atoms with E-state index in [0.717, 1.165) is 12.8 Å². The van der Waals surface area contributed by atoms with E-state index in [4.69, 9.17) is 5.11 Å². The Morgan fingerprint density at radius 1 is 1.45 bits per heavy atom. The molecule has 6 heteroatoms. The first-order valence-electron chi connectivity index (χ1n) is 6.70. The highest BCUT2D eigenvalue weighted by molar-refractivity contribution is 5.92. The molecule has 2 amide bonds. The van der Waals surface area contributed by atoms with E-state index in [1.165, 1.54) is 4.90 Å². The number of rotatable bonds is 4. The molecular formula is C14H19N3O3. The van der Waals surface area contributed by atoms with E-state index in [9.17, 15) is 9.59 Å². The van der Waals surface area contributed by atoms with Crippen molar-refractivity contribution in [3.63, 3.8) is 0 Å². The van der Waals surface area contributed by atoms with Gasteiger partial charge in [0.2, 0.25) is 0 Å². The van der Waals surface area contributed by atoms with E-state index < -0.39 is 11.5 Å². The fourth-order valence-electron chi connectivity index (χ4n) is 2.67. The number of carbonyl (C=O) groups excluding carboxylic acids is 1. The minimum atomic E-state index is -0.878. The lowest BCUT2D eigenvalue weighted by Gasteiger charge is -2.31. The van der Waals surface area contributed by atoms with Crippen molar-refractivity contribution >= 4 is 17.7 Å². The summed E-state index contributed by atoms with van der Waals surface area (Å²) >= 11 is 0. The van der Waals surface area contributed by atoms with Gasteiger partial charge in [-0.2, -0.15) is 0 Å². The van der Waals surface area contributed by atoms with Crippen LogP contribution in [0.2, 0.25) is 0 Å². The van der Waals surface area contributed by atoms with Crippen LogP contribution < -0.4 is 10.2 Å². The van der Waals surface area contributed by atoms with Gasteiger partial charge in [0.1, 0.15) is 0 Å². The average Bonchev–Trinajstić information content (AvgIpc) is 2.86. The monoisotopic (exact) mass is 277 g/mol. The highest BCUT2D eigenvalue weighted by Gasteiger charge is 2.38. The fourth-order valence-corrected chi connectivity index (χ4v) is 2.67. The topological polar surface area (TPSA) is 82.5 Å². The Labute approximate surface area is 117 Å². The predicted molar refractivity (Wildman–Crippen MR) is 74.6 cm³/mol. The SMILES string of the molecule is CN(C(=O)NC1(CC(=O)O)CCCC1)c1cccnc1. The molecule has 2 rings (SSSR count). The minimum Gasteiger partial charge on any atom is -0.481 e. The Hall–Kier alpha value is -2.11. The van der Waals surface area contributed by atoms with Gasteiger partial charge in [0.05, 0.1) is 23.8 Å². The number of amides is 2. The van der Waals surface area contributed by atoms with Gasteiger partial charge in [0.25, 0.3) is 0 Å². The molecule has 0 spiro atoms. The third-order valence-corrected chi connectivity index (χ3v) is 3.76. The van der Waals surface area contributed by atoms with Crippen molar-refractivity contribution in [2.24, 2.45) is 0 Å². The van der Waals surface area contributed by atoms with Crippen molar-refractivity contribution < 1.29 is 14.7 Å². The van der Waals surface area contributed by atoms with Crippen LogP contribution in [0.1, 0.15) is 32.1 Å². The maximum atomic E-state index is 12.3. The Morgan fingerprint density at radius 2 is 2.15 bits per heavy atom. The van der Waals surface area contributed by atoms with E-state index in [0.29, 0.717) is 18.5 Å². The molecule has 0 unspecified atom stereocenters. The second-order valence-corrected chi connectivity index (χ2v) is 5.26. The first-order chi connectivity index (χ1) is 9.52. The largest absolute Gasteiger partial charge is 0.481 e. The van der Waals surface area contributed by atoms with Crippen LogP contribution in [-0.2, 0) is 4.79 Å². The number of carboxylic acid groups (broad SMARTS) is 1. The molecule has 1 aromatic heterocycles. The summed E-state index contributed by atoms with van der Waals surface area (Å²) in [7, 11) is 1.65. The molecule has 0 radical (unpaired) electrons. The van der Waals surface area contributed by atoms with Crippen LogP contribution in [0.25, 0.3) is 0 Å². The van der Waals surface area contributed by atoms with Crippen molar-refractivity contribution in [3.05, 3.63) is 24.5 Å².